The highest BCUT2D eigenvalue weighted by Crippen LogP contribution is 2.13. The zero-order chi connectivity index (χ0) is 7.56. The van der Waals surface area contributed by atoms with Gasteiger partial charge in [-0.05, 0) is 6.42 Å². The van der Waals surface area contributed by atoms with Crippen molar-refractivity contribution in [2.45, 2.75) is 32.2 Å². The van der Waals surface area contributed by atoms with E-state index >= 15 is 0 Å². The van der Waals surface area contributed by atoms with Crippen molar-refractivity contribution in [2.24, 2.45) is 0 Å². The van der Waals surface area contributed by atoms with Crippen molar-refractivity contribution < 1.29 is 9.59 Å². The zero-order valence-electron chi connectivity index (χ0n) is 6.02. The maximum atomic E-state index is 10.7. The van der Waals surface area contributed by atoms with Gasteiger partial charge < -0.3 is 5.32 Å². The van der Waals surface area contributed by atoms with Crippen LogP contribution in [0, 0.1) is 0 Å². The van der Waals surface area contributed by atoms with Crippen LogP contribution in [-0.2, 0) is 9.59 Å². The molecule has 10 heavy (non-hydrogen) atoms. The third-order valence-electron chi connectivity index (χ3n) is 1.65. The molecule has 0 aliphatic heterocycles. The summed E-state index contributed by atoms with van der Waals surface area (Å²) in [4.78, 5) is 21.2. The molecule has 1 unspecified atom stereocenters. The average molecular weight is 141 g/mol. The Morgan fingerprint density at radius 3 is 2.80 bits per heavy atom. The number of ketones is 1. The predicted molar refractivity (Wildman–Crippen MR) is 36.5 cm³/mol. The van der Waals surface area contributed by atoms with E-state index in [1.165, 1.54) is 6.92 Å². The summed E-state index contributed by atoms with van der Waals surface area (Å²) in [5.41, 5.74) is 0. The second-order valence-corrected chi connectivity index (χ2v) is 2.68. The molecule has 0 saturated heterocycles. The van der Waals surface area contributed by atoms with Crippen molar-refractivity contribution in [3.8, 4) is 0 Å². The minimum Gasteiger partial charge on any atom is -0.353 e. The van der Waals surface area contributed by atoms with Gasteiger partial charge in [-0.15, -0.1) is 0 Å². The van der Waals surface area contributed by atoms with Gasteiger partial charge in [0.05, 0.1) is 0 Å². The molecule has 1 fully saturated rings. The Kier molecular flexibility index (Phi) is 2.04. The number of carbonyl (C=O) groups is 2. The van der Waals surface area contributed by atoms with Crippen molar-refractivity contribution in [3.05, 3.63) is 0 Å². The number of nitrogens with one attached hydrogen (secondary N) is 1. The van der Waals surface area contributed by atoms with Gasteiger partial charge in [0.25, 0.3) is 0 Å². The highest BCUT2D eigenvalue weighted by Gasteiger charge is 2.21. The second-order valence-electron chi connectivity index (χ2n) is 2.68. The molecule has 0 spiro atoms. The van der Waals surface area contributed by atoms with Crippen molar-refractivity contribution in [3.63, 3.8) is 0 Å². The van der Waals surface area contributed by atoms with Gasteiger partial charge in [-0.25, -0.2) is 0 Å². The van der Waals surface area contributed by atoms with Crippen molar-refractivity contribution in [1.29, 1.82) is 0 Å². The smallest absolute Gasteiger partial charge is 0.217 e. The Morgan fingerprint density at radius 2 is 2.40 bits per heavy atom. The van der Waals surface area contributed by atoms with Crippen LogP contribution in [0.2, 0.25) is 0 Å². The topological polar surface area (TPSA) is 46.2 Å². The lowest BCUT2D eigenvalue weighted by Gasteiger charge is -2.06. The van der Waals surface area contributed by atoms with Gasteiger partial charge in [0, 0.05) is 25.8 Å². The molecule has 0 radical (unpaired) electrons. The molecule has 3 nitrogen and oxygen atoms in total. The van der Waals surface area contributed by atoms with Crippen LogP contribution in [0.5, 0.6) is 0 Å². The molecule has 1 aliphatic carbocycles. The molecule has 0 aromatic heterocycles. The number of rotatable bonds is 1. The van der Waals surface area contributed by atoms with E-state index in [4.69, 9.17) is 0 Å². The molecule has 0 bridgehead atoms. The molecular formula is C7H11NO2. The SMILES string of the molecule is CC(=O)NC1CCC(=O)C1. The summed E-state index contributed by atoms with van der Waals surface area (Å²) in [6, 6.07) is 0.116. The zero-order valence-corrected chi connectivity index (χ0v) is 6.02. The van der Waals surface area contributed by atoms with Gasteiger partial charge in [0.2, 0.25) is 5.91 Å². The molecule has 0 aromatic rings. The molecule has 1 atom stereocenters. The lowest BCUT2D eigenvalue weighted by Crippen LogP contribution is -2.30. The fourth-order valence-electron chi connectivity index (χ4n) is 1.22. The maximum Gasteiger partial charge on any atom is 0.217 e. The minimum absolute atomic E-state index is 0.0419. The predicted octanol–water partition coefficient (Wildman–Crippen LogP) is 0.244. The van der Waals surface area contributed by atoms with Crippen LogP contribution in [0.25, 0.3) is 0 Å². The molecule has 0 aromatic carbocycles. The summed E-state index contributed by atoms with van der Waals surface area (Å²) in [5.74, 6) is 0.221. The minimum atomic E-state index is -0.0419. The molecule has 1 rings (SSSR count). The first-order valence-corrected chi connectivity index (χ1v) is 3.47. The number of hydrogen-bond acceptors (Lipinski definition) is 2. The number of hydrogen-bond donors (Lipinski definition) is 1. The lowest BCUT2D eigenvalue weighted by molar-refractivity contribution is -0.119. The fraction of sp³-hybridized carbons (Fsp3) is 0.714. The van der Waals surface area contributed by atoms with Crippen LogP contribution in [0.3, 0.4) is 0 Å². The van der Waals surface area contributed by atoms with Crippen molar-refractivity contribution in [2.75, 3.05) is 0 Å². The van der Waals surface area contributed by atoms with Crippen LogP contribution < -0.4 is 5.32 Å². The summed E-state index contributed by atoms with van der Waals surface area (Å²) in [5, 5.41) is 2.71. The van der Waals surface area contributed by atoms with E-state index in [1.54, 1.807) is 0 Å². The van der Waals surface area contributed by atoms with E-state index in [2.05, 4.69) is 5.32 Å². The Bertz CT molecular complexity index is 165. The van der Waals surface area contributed by atoms with Crippen LogP contribution in [0.15, 0.2) is 0 Å². The molecule has 56 valence electrons. The number of carbonyl (C=O) groups excluding carboxylic acids is 2. The van der Waals surface area contributed by atoms with E-state index in [0.717, 1.165) is 6.42 Å². The highest BCUT2D eigenvalue weighted by molar-refractivity contribution is 5.82. The van der Waals surface area contributed by atoms with Gasteiger partial charge in [0.1, 0.15) is 5.78 Å². The van der Waals surface area contributed by atoms with E-state index in [-0.39, 0.29) is 17.7 Å². The maximum absolute atomic E-state index is 10.7. The molecule has 0 heterocycles. The Hall–Kier alpha value is -0.860. The first kappa shape index (κ1) is 7.25. The normalized spacial score (nSPS) is 24.9. The first-order valence-electron chi connectivity index (χ1n) is 3.47. The number of Topliss-reactive ketones (excluding diaryl/α,β-unsaturated/α-hetero) is 1. The lowest BCUT2D eigenvalue weighted by atomic mass is 10.2. The largest absolute Gasteiger partial charge is 0.353 e. The third kappa shape index (κ3) is 1.83. The van der Waals surface area contributed by atoms with Crippen LogP contribution in [0.1, 0.15) is 26.2 Å². The Morgan fingerprint density at radius 1 is 1.70 bits per heavy atom. The summed E-state index contributed by atoms with van der Waals surface area (Å²) in [6.07, 6.45) is 1.98. The second kappa shape index (κ2) is 2.82. The summed E-state index contributed by atoms with van der Waals surface area (Å²) >= 11 is 0. The summed E-state index contributed by atoms with van der Waals surface area (Å²) in [6.45, 7) is 1.47. The molecule has 1 N–H and O–H groups in total. The summed E-state index contributed by atoms with van der Waals surface area (Å²) < 4.78 is 0. The van der Waals surface area contributed by atoms with Gasteiger partial charge in [0.15, 0.2) is 0 Å². The molecule has 1 saturated carbocycles. The van der Waals surface area contributed by atoms with E-state index in [9.17, 15) is 9.59 Å². The molecule has 1 aliphatic rings. The van der Waals surface area contributed by atoms with E-state index in [1.807, 2.05) is 0 Å². The third-order valence-corrected chi connectivity index (χ3v) is 1.65. The van der Waals surface area contributed by atoms with Crippen molar-refractivity contribution in [1.82, 2.24) is 5.32 Å². The first-order chi connectivity index (χ1) is 4.68. The quantitative estimate of drug-likeness (QED) is 0.568. The Balaban J connectivity index is 2.31. The van der Waals surface area contributed by atoms with E-state index in [0.29, 0.717) is 12.8 Å². The standard InChI is InChI=1S/C7H11NO2/c1-5(9)8-6-2-3-7(10)4-6/h6H,2-4H2,1H3,(H,8,9). The van der Waals surface area contributed by atoms with Crippen LogP contribution >= 0.6 is 0 Å². The number of amides is 1. The average Bonchev–Trinajstić information content (AvgIpc) is 2.13. The fourth-order valence-corrected chi connectivity index (χ4v) is 1.22. The van der Waals surface area contributed by atoms with Gasteiger partial charge >= 0.3 is 0 Å². The van der Waals surface area contributed by atoms with Gasteiger partial charge in [-0.2, -0.15) is 0 Å². The van der Waals surface area contributed by atoms with Crippen LogP contribution in [0.4, 0.5) is 0 Å². The summed E-state index contributed by atoms with van der Waals surface area (Å²) in [7, 11) is 0. The van der Waals surface area contributed by atoms with Crippen molar-refractivity contribution >= 4 is 11.7 Å². The highest BCUT2D eigenvalue weighted by atomic mass is 16.1. The monoisotopic (exact) mass is 141 g/mol. The van der Waals surface area contributed by atoms with E-state index < -0.39 is 0 Å². The molecule has 3 heteroatoms. The molecular weight excluding hydrogens is 130 g/mol. The van der Waals surface area contributed by atoms with Crippen LogP contribution in [-0.4, -0.2) is 17.7 Å². The molecule has 1 amide bonds. The Labute approximate surface area is 59.8 Å². The van der Waals surface area contributed by atoms with Gasteiger partial charge in [-0.1, -0.05) is 0 Å². The van der Waals surface area contributed by atoms with Gasteiger partial charge in [-0.3, -0.25) is 9.59 Å².